The van der Waals surface area contributed by atoms with Gasteiger partial charge in [-0.05, 0) is 116 Å². The van der Waals surface area contributed by atoms with Crippen LogP contribution in [0.4, 0.5) is 28.0 Å². The summed E-state index contributed by atoms with van der Waals surface area (Å²) in [6, 6.07) is 5.03. The zero-order valence-corrected chi connectivity index (χ0v) is 55.0. The molecule has 2 saturated carbocycles. The van der Waals surface area contributed by atoms with Crippen LogP contribution in [0.5, 0.6) is 0 Å². The number of ether oxygens (including phenoxy) is 6. The molecule has 5 heterocycles. The minimum atomic E-state index is -1.32. The molecule has 0 bridgehead atoms. The van der Waals surface area contributed by atoms with Gasteiger partial charge in [0.2, 0.25) is 23.6 Å². The lowest BCUT2D eigenvalue weighted by atomic mass is 10.0. The fourth-order valence-electron chi connectivity index (χ4n) is 12.8. The topological polar surface area (TPSA) is 287 Å². The maximum Gasteiger partial charge on any atom is 0.410 e. The van der Waals surface area contributed by atoms with E-state index in [9.17, 15) is 56.7 Å². The van der Waals surface area contributed by atoms with Crippen molar-refractivity contribution in [3.63, 3.8) is 0 Å². The highest BCUT2D eigenvalue weighted by Gasteiger charge is 2.63. The van der Waals surface area contributed by atoms with Gasteiger partial charge in [-0.15, -0.1) is 13.2 Å². The van der Waals surface area contributed by atoms with Crippen molar-refractivity contribution in [3.8, 4) is 0 Å². The number of hydrogen-bond acceptors (Lipinski definition) is 16. The summed E-state index contributed by atoms with van der Waals surface area (Å²) in [6.07, 6.45) is 9.73. The van der Waals surface area contributed by atoms with E-state index >= 15 is 0 Å². The van der Waals surface area contributed by atoms with Crippen molar-refractivity contribution < 1.29 is 85.1 Å². The molecule has 7 aliphatic rings. The predicted octanol–water partition coefficient (Wildman–Crippen LogP) is 8.22. The molecule has 0 radical (unpaired) electrons. The molecule has 2 aliphatic carbocycles. The molecule has 8 amide bonds. The average Bonchev–Trinajstić information content (AvgIpc) is 1.59. The number of nitrogens with one attached hydrogen (secondary N) is 4. The number of nitrogens with zero attached hydrogens (tertiary/aromatic N) is 4. The zero-order chi connectivity index (χ0) is 68.5. The first-order valence-corrected chi connectivity index (χ1v) is 32.3. The Balaban J connectivity index is 0.000000241. The van der Waals surface area contributed by atoms with Gasteiger partial charge in [0.1, 0.15) is 70.3 Å². The van der Waals surface area contributed by atoms with E-state index in [0.29, 0.717) is 47.9 Å². The van der Waals surface area contributed by atoms with Gasteiger partial charge >= 0.3 is 36.3 Å². The maximum atomic E-state index is 14.3. The van der Waals surface area contributed by atoms with Gasteiger partial charge in [0.15, 0.2) is 0 Å². The summed E-state index contributed by atoms with van der Waals surface area (Å²) >= 11 is 0. The molecule has 10 atom stereocenters. The molecule has 0 spiro atoms. The molecule has 512 valence electrons. The molecule has 2 saturated heterocycles. The van der Waals surface area contributed by atoms with Crippen molar-refractivity contribution in [1.82, 2.24) is 40.9 Å². The van der Waals surface area contributed by atoms with E-state index in [0.717, 1.165) is 38.5 Å². The minimum absolute atomic E-state index is 0.0262. The molecule has 2 unspecified atom stereocenters. The van der Waals surface area contributed by atoms with Crippen LogP contribution in [0.1, 0.15) is 154 Å². The number of likely N-dealkylation sites (tertiary alicyclic amines) is 1. The Morgan fingerprint density at radius 2 is 1.35 bits per heavy atom. The molecule has 2 aromatic carbocycles. The third kappa shape index (κ3) is 17.4. The first-order chi connectivity index (χ1) is 44.5. The van der Waals surface area contributed by atoms with Crippen molar-refractivity contribution in [2.24, 2.45) is 11.8 Å². The van der Waals surface area contributed by atoms with E-state index in [1.54, 1.807) is 71.9 Å². The highest BCUT2D eigenvalue weighted by atomic mass is 19.1. The van der Waals surface area contributed by atoms with Crippen molar-refractivity contribution >= 4 is 59.9 Å². The first-order valence-electron chi connectivity index (χ1n) is 32.3. The summed E-state index contributed by atoms with van der Waals surface area (Å²) in [6.45, 7) is 17.9. The SMILES string of the molecule is C=CCCCCC[C@H](NC(=O)OC(C)(C)C)C(=O)N1C[C@H](OC(=O)N2Cc3cccc(F)c3C2)C[C@H]1C(=O)N[C@]1(C(=O)OC)CC1C=C.COC(=O)C12C[C@H]1/C=C\CCCCC[C@@H](NC(=O)OC(C)(C)C)C(=O)N1C[C@H](OC(=O)N3Cc4cccc(F)c4C3)C[C@H]1C(=O)N2. The number of carbonyl (C=O) groups is 10. The summed E-state index contributed by atoms with van der Waals surface area (Å²) in [5, 5.41) is 11.0. The van der Waals surface area contributed by atoms with Gasteiger partial charge in [0.05, 0.1) is 40.4 Å². The lowest BCUT2D eigenvalue weighted by Crippen LogP contribution is -2.56. The Hall–Kier alpha value is -8.58. The summed E-state index contributed by atoms with van der Waals surface area (Å²) in [4.78, 5) is 139. The molecular weight excluding hydrogens is 1220 g/mol. The number of amides is 8. The fraction of sp³-hybridized carbons (Fsp3) is 0.588. The minimum Gasteiger partial charge on any atom is -0.467 e. The number of esters is 2. The standard InChI is InChI=1S/C35H47FN4O8.C33H43FN4O8/c1-7-9-10-11-12-16-27(37-32(44)48-34(3,4)5)30(42)40-20-24(47-33(45)39-19-22-14-13-15-26(36)25(22)21-39)17-28(40)29(41)38-35(31(43)46-6)18-23(35)8-2;1-32(2,3)46-30(42)35-25-14-9-7-5-6-8-12-21-16-33(21,29(41)44-4)36-27(39)26-15-22(18-38(26)28(25)40)45-31(43)37-17-20-11-10-13-24(34)23(20)19-37/h7-8,13-15,23-24,27-28H,1-2,9-12,16-21H2,3-6H3,(H,37,44)(H,38,41);8,10-13,21-22,25-26H,5-7,9,14-19H2,1-4H3,(H,35,42)(H,36,39)/b;12-8-/t23?,24-,27+,28+,35-;21-,22-,25-,26+,33?/m11/s1. The molecule has 24 nitrogen and oxygen atoms in total. The van der Waals surface area contributed by atoms with Crippen molar-refractivity contribution in [2.45, 2.75) is 216 Å². The van der Waals surface area contributed by atoms with Crippen LogP contribution >= 0.6 is 0 Å². The fourth-order valence-corrected chi connectivity index (χ4v) is 12.8. The number of unbranched alkanes of at least 4 members (excludes halogenated alkanes) is 3. The van der Waals surface area contributed by atoms with Gasteiger partial charge in [0, 0.05) is 48.9 Å². The third-order valence-electron chi connectivity index (χ3n) is 17.8. The Bertz CT molecular complexity index is 3260. The number of alkyl carbamates (subject to hydrolysis) is 2. The van der Waals surface area contributed by atoms with Crippen LogP contribution in [0.3, 0.4) is 0 Å². The maximum absolute atomic E-state index is 14.3. The van der Waals surface area contributed by atoms with E-state index in [4.69, 9.17) is 28.4 Å². The van der Waals surface area contributed by atoms with Crippen LogP contribution in [0, 0.1) is 23.5 Å². The van der Waals surface area contributed by atoms with Gasteiger partial charge < -0.3 is 59.5 Å². The second-order valence-electron chi connectivity index (χ2n) is 27.1. The lowest BCUT2D eigenvalue weighted by molar-refractivity contribution is -0.148. The van der Waals surface area contributed by atoms with Crippen LogP contribution in [0.25, 0.3) is 0 Å². The Kier molecular flexibility index (Phi) is 22.9. The number of halogens is 2. The van der Waals surface area contributed by atoms with Crippen molar-refractivity contribution in [3.05, 3.63) is 108 Å². The molecule has 26 heteroatoms. The van der Waals surface area contributed by atoms with Gasteiger partial charge in [-0.25, -0.2) is 37.5 Å². The molecular formula is C68H90F2N8O16. The molecule has 4 fully saturated rings. The molecule has 5 aliphatic heterocycles. The predicted molar refractivity (Wildman–Crippen MR) is 336 cm³/mol. The van der Waals surface area contributed by atoms with E-state index in [1.165, 1.54) is 46.0 Å². The molecule has 9 rings (SSSR count). The summed E-state index contributed by atoms with van der Waals surface area (Å²) in [5.74, 6) is -4.94. The van der Waals surface area contributed by atoms with E-state index in [-0.39, 0.29) is 76.8 Å². The summed E-state index contributed by atoms with van der Waals surface area (Å²) in [5.41, 5.74) is -2.00. The summed E-state index contributed by atoms with van der Waals surface area (Å²) < 4.78 is 61.1. The van der Waals surface area contributed by atoms with Crippen molar-refractivity contribution in [1.29, 1.82) is 0 Å². The monoisotopic (exact) mass is 1310 g/mol. The molecule has 2 aromatic rings. The Morgan fingerprint density at radius 1 is 0.745 bits per heavy atom. The third-order valence-corrected chi connectivity index (χ3v) is 17.8. The van der Waals surface area contributed by atoms with Gasteiger partial charge in [-0.2, -0.15) is 0 Å². The van der Waals surface area contributed by atoms with Gasteiger partial charge in [-0.1, -0.05) is 74.3 Å². The Morgan fingerprint density at radius 3 is 1.91 bits per heavy atom. The van der Waals surface area contributed by atoms with Crippen LogP contribution in [0.2, 0.25) is 0 Å². The number of methoxy groups -OCH3 is 2. The first kappa shape index (κ1) is 71.3. The number of rotatable bonds is 16. The highest BCUT2D eigenvalue weighted by molar-refractivity contribution is 5.98. The van der Waals surface area contributed by atoms with Gasteiger partial charge in [-0.3, -0.25) is 29.0 Å². The van der Waals surface area contributed by atoms with E-state index in [2.05, 4.69) is 34.4 Å². The second-order valence-corrected chi connectivity index (χ2v) is 27.1. The number of benzene rings is 2. The number of carbonyl (C=O) groups excluding carboxylic acids is 10. The second kappa shape index (κ2) is 30.2. The van der Waals surface area contributed by atoms with Gasteiger partial charge in [0.25, 0.3) is 0 Å². The zero-order valence-electron chi connectivity index (χ0n) is 55.0. The van der Waals surface area contributed by atoms with Crippen LogP contribution < -0.4 is 21.3 Å². The molecule has 94 heavy (non-hydrogen) atoms. The number of allylic oxidation sites excluding steroid dienone is 2. The number of fused-ring (bicyclic) bond motifs is 4. The lowest BCUT2D eigenvalue weighted by Gasteiger charge is -2.30. The normalized spacial score (nSPS) is 26.0. The smallest absolute Gasteiger partial charge is 0.410 e. The largest absolute Gasteiger partial charge is 0.467 e. The van der Waals surface area contributed by atoms with Crippen molar-refractivity contribution in [2.75, 3.05) is 27.3 Å². The quantitative estimate of drug-likeness (QED) is 0.0533. The average molecular weight is 1310 g/mol. The highest BCUT2D eigenvalue weighted by Crippen LogP contribution is 2.47. The van der Waals surface area contributed by atoms with E-state index < -0.39 is 130 Å². The van der Waals surface area contributed by atoms with Crippen LogP contribution in [0.15, 0.2) is 73.9 Å². The molecule has 4 N–H and O–H groups in total. The Labute approximate surface area is 547 Å². The van der Waals surface area contributed by atoms with Crippen LogP contribution in [-0.4, -0.2) is 166 Å². The molecule has 0 aromatic heterocycles. The van der Waals surface area contributed by atoms with E-state index in [1.807, 2.05) is 18.2 Å². The summed E-state index contributed by atoms with van der Waals surface area (Å²) in [7, 11) is 2.48. The number of hydrogen-bond donors (Lipinski definition) is 4. The van der Waals surface area contributed by atoms with Crippen LogP contribution in [-0.2, 0) is 83.4 Å².